The maximum atomic E-state index is 13.5. The molecule has 3 N–H and O–H groups in total. The molecule has 38 heavy (non-hydrogen) atoms. The van der Waals surface area contributed by atoms with E-state index in [1.54, 1.807) is 26.1 Å². The number of alkyl carbamates (subject to hydrolysis) is 1. The first-order valence-electron chi connectivity index (χ1n) is 13.7. The fourth-order valence-corrected chi connectivity index (χ4v) is 5.61. The van der Waals surface area contributed by atoms with Crippen molar-refractivity contribution in [2.45, 2.75) is 57.7 Å². The molecule has 0 radical (unpaired) electrons. The van der Waals surface area contributed by atoms with Gasteiger partial charge in [-0.3, -0.25) is 9.13 Å². The number of amides is 1. The molecule has 0 bridgehead atoms. The van der Waals surface area contributed by atoms with Crippen LogP contribution in [0.1, 0.15) is 53.7 Å². The Hall–Kier alpha value is -3.77. The number of nitrogens with zero attached hydrogens (tertiary/aromatic N) is 5. The zero-order valence-electron chi connectivity index (χ0n) is 24.5. The molecule has 0 aromatic carbocycles. The third-order valence-electron chi connectivity index (χ3n) is 6.59. The van der Waals surface area contributed by atoms with Gasteiger partial charge in [-0.2, -0.15) is 0 Å². The molecule has 1 saturated carbocycles. The smallest absolute Gasteiger partial charge is 0.407 e. The number of hydrogen-bond donors (Lipinski definition) is 3. The lowest BCUT2D eigenvalue weighted by Crippen LogP contribution is -2.33. The molecule has 200 valence electrons. The number of fused-ring (bicyclic) bond motifs is 1. The summed E-state index contributed by atoms with van der Waals surface area (Å²) in [5.41, 5.74) is 0.453. The first-order chi connectivity index (χ1) is 19.2. The van der Waals surface area contributed by atoms with E-state index in [4.69, 9.17) is 8.85 Å². The molecule has 1 fully saturated rings. The maximum absolute atomic E-state index is 13.5. The maximum Gasteiger partial charge on any atom is 0.407 e. The molecule has 1 aliphatic carbocycles. The number of aryl methyl sites for hydroxylation is 2. The first-order valence-corrected chi connectivity index (χ1v) is 13.0. The number of carbonyl (C=O) groups excluding carboxylic acids is 1. The first kappa shape index (κ1) is 22.2. The highest BCUT2D eigenvalue weighted by atomic mass is 32.1. The number of nitrogens with one attached hydrogen (secondary N) is 2. The van der Waals surface area contributed by atoms with Crippen LogP contribution in [0, 0.1) is 6.92 Å². The standard InChI is InChI=1S/C26H31N7O4S/c1-14-8-17(23-28-13-20(38-23)26(2,3)36)30-22(9-14)31-21-11-18-19(12-27-21)32(4)25(35)33(18)16-7-6-15(10-16)29-24(34)37-5/h8-9,11-13,15-16,36H,6-7,10H2,1-5H3,(H,29,34)(H,27,30,31)/t15-,16-/m1/s1/i4D3. The normalized spacial score (nSPS) is 19.1. The number of aliphatic hydroxyl groups is 1. The summed E-state index contributed by atoms with van der Waals surface area (Å²) in [6.07, 6.45) is 4.09. The number of aromatic nitrogens is 5. The lowest BCUT2D eigenvalue weighted by molar-refractivity contribution is 0.0823. The molecule has 12 heteroatoms. The van der Waals surface area contributed by atoms with Crippen molar-refractivity contribution in [1.29, 1.82) is 0 Å². The monoisotopic (exact) mass is 540 g/mol. The van der Waals surface area contributed by atoms with E-state index in [0.29, 0.717) is 52.0 Å². The van der Waals surface area contributed by atoms with Gasteiger partial charge in [-0.1, -0.05) is 0 Å². The molecule has 0 aliphatic heterocycles. The lowest BCUT2D eigenvalue weighted by atomic mass is 10.1. The van der Waals surface area contributed by atoms with Crippen LogP contribution < -0.4 is 16.3 Å². The van der Waals surface area contributed by atoms with Crippen molar-refractivity contribution >= 4 is 40.1 Å². The van der Waals surface area contributed by atoms with E-state index in [1.807, 2.05) is 19.1 Å². The minimum Gasteiger partial charge on any atom is -0.453 e. The van der Waals surface area contributed by atoms with Crippen LogP contribution in [0.2, 0.25) is 0 Å². The summed E-state index contributed by atoms with van der Waals surface area (Å²) in [7, 11) is 1.29. The minimum atomic E-state index is -2.71. The SMILES string of the molecule is [2H]C([2H])([2H])n1c(=O)n([C@@H]2CC[C@@H](NC(=O)OC)C2)c2cc(Nc3cc(C)cc(-c4ncc(C(C)(C)O)s4)n3)ncc21. The number of rotatable bonds is 6. The van der Waals surface area contributed by atoms with E-state index in [0.717, 1.165) is 10.1 Å². The van der Waals surface area contributed by atoms with Gasteiger partial charge in [-0.05, 0) is 57.7 Å². The second-order valence-electron chi connectivity index (χ2n) is 9.97. The molecular weight excluding hydrogens is 506 g/mol. The number of anilines is 2. The van der Waals surface area contributed by atoms with E-state index in [-0.39, 0.29) is 17.6 Å². The van der Waals surface area contributed by atoms with Crippen molar-refractivity contribution < 1.29 is 18.8 Å². The second-order valence-corrected chi connectivity index (χ2v) is 11.0. The summed E-state index contributed by atoms with van der Waals surface area (Å²) in [4.78, 5) is 39.4. The van der Waals surface area contributed by atoms with Crippen molar-refractivity contribution in [2.24, 2.45) is 6.98 Å². The summed E-state index contributed by atoms with van der Waals surface area (Å²) in [5.74, 6) is 0.857. The van der Waals surface area contributed by atoms with Gasteiger partial charge in [-0.15, -0.1) is 11.3 Å². The van der Waals surface area contributed by atoms with Crippen LogP contribution in [0.4, 0.5) is 16.4 Å². The molecule has 4 heterocycles. The van der Waals surface area contributed by atoms with Gasteiger partial charge >= 0.3 is 11.8 Å². The average Bonchev–Trinajstić information content (AvgIpc) is 3.60. The molecular formula is C26H31N7O4S. The van der Waals surface area contributed by atoms with Crippen molar-refractivity contribution in [1.82, 2.24) is 29.4 Å². The molecule has 4 aromatic heterocycles. The van der Waals surface area contributed by atoms with Gasteiger partial charge in [0, 0.05) is 35.4 Å². The molecule has 4 aromatic rings. The number of thiazole rings is 1. The van der Waals surface area contributed by atoms with Crippen molar-refractivity contribution in [3.63, 3.8) is 0 Å². The predicted molar refractivity (Wildman–Crippen MR) is 146 cm³/mol. The van der Waals surface area contributed by atoms with Crippen LogP contribution in [0.5, 0.6) is 0 Å². The van der Waals surface area contributed by atoms with E-state index in [1.165, 1.54) is 29.2 Å². The molecule has 5 rings (SSSR count). The van der Waals surface area contributed by atoms with Gasteiger partial charge in [0.2, 0.25) is 0 Å². The van der Waals surface area contributed by atoms with Gasteiger partial charge in [-0.25, -0.2) is 24.5 Å². The summed E-state index contributed by atoms with van der Waals surface area (Å²) in [6, 6.07) is 4.83. The van der Waals surface area contributed by atoms with E-state index < -0.39 is 24.4 Å². The minimum absolute atomic E-state index is 0.185. The summed E-state index contributed by atoms with van der Waals surface area (Å²) >= 11 is 1.35. The summed E-state index contributed by atoms with van der Waals surface area (Å²) in [5, 5.41) is 16.9. The fraction of sp³-hybridized carbons (Fsp3) is 0.423. The average molecular weight is 541 g/mol. The Morgan fingerprint density at radius 2 is 2.03 bits per heavy atom. The van der Waals surface area contributed by atoms with Crippen LogP contribution in [0.3, 0.4) is 0 Å². The van der Waals surface area contributed by atoms with Crippen molar-refractivity contribution in [2.75, 3.05) is 12.4 Å². The number of methoxy groups -OCH3 is 1. The van der Waals surface area contributed by atoms with Crippen LogP contribution in [0.15, 0.2) is 35.4 Å². The molecule has 1 aliphatic rings. The Morgan fingerprint density at radius 3 is 2.74 bits per heavy atom. The number of pyridine rings is 2. The molecule has 0 saturated heterocycles. The van der Waals surface area contributed by atoms with E-state index >= 15 is 0 Å². The second kappa shape index (κ2) is 9.84. The number of carbonyl (C=O) groups is 1. The zero-order chi connectivity index (χ0) is 29.7. The predicted octanol–water partition coefficient (Wildman–Crippen LogP) is 3.98. The van der Waals surface area contributed by atoms with Gasteiger partial charge in [0.05, 0.1) is 34.8 Å². The van der Waals surface area contributed by atoms with Gasteiger partial charge < -0.3 is 20.5 Å². The number of imidazole rings is 1. The third kappa shape index (κ3) is 5.01. The van der Waals surface area contributed by atoms with E-state index in [2.05, 4.69) is 25.6 Å². The highest BCUT2D eigenvalue weighted by molar-refractivity contribution is 7.15. The molecule has 1 amide bonds. The van der Waals surface area contributed by atoms with Crippen molar-refractivity contribution in [3.05, 3.63) is 51.5 Å². The van der Waals surface area contributed by atoms with Crippen LogP contribution in [-0.4, -0.2) is 48.4 Å². The lowest BCUT2D eigenvalue weighted by Gasteiger charge is -2.14. The highest BCUT2D eigenvalue weighted by Gasteiger charge is 2.30. The van der Waals surface area contributed by atoms with Crippen molar-refractivity contribution in [3.8, 4) is 10.7 Å². The summed E-state index contributed by atoms with van der Waals surface area (Å²) < 4.78 is 30.9. The van der Waals surface area contributed by atoms with E-state index in [9.17, 15) is 14.7 Å². The van der Waals surface area contributed by atoms with Gasteiger partial charge in [0.1, 0.15) is 22.3 Å². The molecule has 0 unspecified atom stereocenters. The van der Waals surface area contributed by atoms with Crippen LogP contribution in [-0.2, 0) is 17.3 Å². The quantitative estimate of drug-likeness (QED) is 0.334. The Kier molecular flexibility index (Phi) is 5.76. The fourth-order valence-electron chi connectivity index (χ4n) is 4.73. The third-order valence-corrected chi connectivity index (χ3v) is 7.92. The largest absolute Gasteiger partial charge is 0.453 e. The Bertz CT molecular complexity index is 1670. The number of hydrogen-bond acceptors (Lipinski definition) is 9. The Morgan fingerprint density at radius 1 is 1.21 bits per heavy atom. The molecule has 11 nitrogen and oxygen atoms in total. The van der Waals surface area contributed by atoms with Gasteiger partial charge in [0.25, 0.3) is 0 Å². The van der Waals surface area contributed by atoms with Gasteiger partial charge in [0.15, 0.2) is 0 Å². The number of ether oxygens (including phenoxy) is 1. The zero-order valence-corrected chi connectivity index (χ0v) is 22.3. The van der Waals surface area contributed by atoms with Crippen LogP contribution in [0.25, 0.3) is 21.7 Å². The van der Waals surface area contributed by atoms with Crippen LogP contribution >= 0.6 is 11.3 Å². The Balaban J connectivity index is 1.51. The highest BCUT2D eigenvalue weighted by Crippen LogP contribution is 2.34. The summed E-state index contributed by atoms with van der Waals surface area (Å²) in [6.45, 7) is 2.61. The Labute approximate surface area is 227 Å². The molecule has 2 atom stereocenters. The topological polar surface area (TPSA) is 136 Å². The molecule has 0 spiro atoms.